The number of aromatic nitrogens is 2. The van der Waals surface area contributed by atoms with E-state index in [2.05, 4.69) is 17.3 Å². The van der Waals surface area contributed by atoms with Crippen molar-refractivity contribution in [2.75, 3.05) is 26.2 Å². The third-order valence-electron chi connectivity index (χ3n) is 4.07. The Labute approximate surface area is 127 Å². The predicted molar refractivity (Wildman–Crippen MR) is 82.5 cm³/mol. The molecule has 1 aliphatic rings. The lowest BCUT2D eigenvalue weighted by molar-refractivity contribution is 0.261. The maximum absolute atomic E-state index is 12.6. The topological polar surface area (TPSA) is 67.2 Å². The predicted octanol–water partition coefficient (Wildman–Crippen LogP) is 1.30. The van der Waals surface area contributed by atoms with Crippen LogP contribution in [-0.4, -0.2) is 48.7 Å². The van der Waals surface area contributed by atoms with Gasteiger partial charge in [0.1, 0.15) is 4.90 Å². The van der Waals surface area contributed by atoms with Gasteiger partial charge in [-0.1, -0.05) is 20.3 Å². The summed E-state index contributed by atoms with van der Waals surface area (Å²) in [6.45, 7) is 7.81. The Morgan fingerprint density at radius 2 is 2.24 bits per heavy atom. The summed E-state index contributed by atoms with van der Waals surface area (Å²) in [5.74, 6) is 0.484. The molecule has 0 amide bonds. The van der Waals surface area contributed by atoms with Crippen molar-refractivity contribution in [3.63, 3.8) is 0 Å². The molecule has 0 aliphatic carbocycles. The summed E-state index contributed by atoms with van der Waals surface area (Å²) in [6.07, 6.45) is 6.23. The SMILES string of the molecule is CCNCCn1cc(S(=O)(=O)N2CCCC(CC)C2)cn1. The molecule has 0 saturated carbocycles. The highest BCUT2D eigenvalue weighted by atomic mass is 32.2. The van der Waals surface area contributed by atoms with Crippen LogP contribution in [0.25, 0.3) is 0 Å². The van der Waals surface area contributed by atoms with E-state index in [1.54, 1.807) is 15.2 Å². The Bertz CT molecular complexity index is 541. The van der Waals surface area contributed by atoms with Crippen LogP contribution in [-0.2, 0) is 16.6 Å². The van der Waals surface area contributed by atoms with E-state index in [0.29, 0.717) is 30.4 Å². The van der Waals surface area contributed by atoms with Gasteiger partial charge in [-0.3, -0.25) is 4.68 Å². The molecule has 6 nitrogen and oxygen atoms in total. The molecule has 0 bridgehead atoms. The van der Waals surface area contributed by atoms with Crippen molar-refractivity contribution in [2.24, 2.45) is 5.92 Å². The van der Waals surface area contributed by atoms with E-state index in [1.165, 1.54) is 6.20 Å². The van der Waals surface area contributed by atoms with Crippen molar-refractivity contribution in [3.8, 4) is 0 Å². The molecule has 0 aromatic carbocycles. The maximum atomic E-state index is 12.6. The summed E-state index contributed by atoms with van der Waals surface area (Å²) in [4.78, 5) is 0.316. The maximum Gasteiger partial charge on any atom is 0.246 e. The van der Waals surface area contributed by atoms with Gasteiger partial charge < -0.3 is 5.32 Å². The smallest absolute Gasteiger partial charge is 0.246 e. The van der Waals surface area contributed by atoms with Gasteiger partial charge in [0.25, 0.3) is 0 Å². The lowest BCUT2D eigenvalue weighted by Crippen LogP contribution is -2.39. The fourth-order valence-corrected chi connectivity index (χ4v) is 4.21. The van der Waals surface area contributed by atoms with Gasteiger partial charge in [0.2, 0.25) is 10.0 Å². The first-order chi connectivity index (χ1) is 10.1. The third kappa shape index (κ3) is 4.05. The van der Waals surface area contributed by atoms with Gasteiger partial charge >= 0.3 is 0 Å². The summed E-state index contributed by atoms with van der Waals surface area (Å²) in [5.41, 5.74) is 0. The van der Waals surface area contributed by atoms with Crippen LogP contribution in [0.2, 0.25) is 0 Å². The highest BCUT2D eigenvalue weighted by Crippen LogP contribution is 2.24. The van der Waals surface area contributed by atoms with Gasteiger partial charge in [0.05, 0.1) is 12.7 Å². The molecule has 1 aromatic heterocycles. The molecule has 7 heteroatoms. The summed E-state index contributed by atoms with van der Waals surface area (Å²) in [5, 5.41) is 7.36. The van der Waals surface area contributed by atoms with Gasteiger partial charge in [-0.25, -0.2) is 8.42 Å². The lowest BCUT2D eigenvalue weighted by atomic mass is 9.97. The highest BCUT2D eigenvalue weighted by Gasteiger charge is 2.30. The van der Waals surface area contributed by atoms with Crippen LogP contribution in [0.3, 0.4) is 0 Å². The zero-order valence-corrected chi connectivity index (χ0v) is 13.8. The Balaban J connectivity index is 2.05. The van der Waals surface area contributed by atoms with Crippen LogP contribution in [0, 0.1) is 5.92 Å². The van der Waals surface area contributed by atoms with Crippen LogP contribution in [0.1, 0.15) is 33.1 Å². The zero-order chi connectivity index (χ0) is 15.3. The van der Waals surface area contributed by atoms with E-state index in [0.717, 1.165) is 32.4 Å². The molecule has 120 valence electrons. The van der Waals surface area contributed by atoms with Crippen LogP contribution >= 0.6 is 0 Å². The number of sulfonamides is 1. The fraction of sp³-hybridized carbons (Fsp3) is 0.786. The molecule has 1 aliphatic heterocycles. The van der Waals surface area contributed by atoms with Crippen molar-refractivity contribution in [1.29, 1.82) is 0 Å². The molecule has 1 N–H and O–H groups in total. The largest absolute Gasteiger partial charge is 0.315 e. The van der Waals surface area contributed by atoms with Gasteiger partial charge in [0, 0.05) is 25.8 Å². The van der Waals surface area contributed by atoms with E-state index in [1.807, 2.05) is 6.92 Å². The molecular weight excluding hydrogens is 288 g/mol. The number of likely N-dealkylation sites (N-methyl/N-ethyl adjacent to an activating group) is 1. The second-order valence-electron chi connectivity index (χ2n) is 5.57. The van der Waals surface area contributed by atoms with Crippen molar-refractivity contribution >= 4 is 10.0 Å². The highest BCUT2D eigenvalue weighted by molar-refractivity contribution is 7.89. The van der Waals surface area contributed by atoms with Crippen molar-refractivity contribution in [1.82, 2.24) is 19.4 Å². The van der Waals surface area contributed by atoms with Crippen molar-refractivity contribution in [3.05, 3.63) is 12.4 Å². The van der Waals surface area contributed by atoms with E-state index < -0.39 is 10.0 Å². The molecule has 2 rings (SSSR count). The van der Waals surface area contributed by atoms with Gasteiger partial charge in [-0.05, 0) is 25.3 Å². The molecule has 0 radical (unpaired) electrons. The first-order valence-electron chi connectivity index (χ1n) is 7.81. The van der Waals surface area contributed by atoms with E-state index in [9.17, 15) is 8.42 Å². The molecule has 2 heterocycles. The average Bonchev–Trinajstić information content (AvgIpc) is 2.97. The average molecular weight is 314 g/mol. The summed E-state index contributed by atoms with van der Waals surface area (Å²) >= 11 is 0. The van der Waals surface area contributed by atoms with Crippen molar-refractivity contribution < 1.29 is 8.42 Å². The molecule has 1 atom stereocenters. The Hall–Kier alpha value is -0.920. The van der Waals surface area contributed by atoms with E-state index in [4.69, 9.17) is 0 Å². The summed E-state index contributed by atoms with van der Waals surface area (Å²) < 4.78 is 28.6. The minimum atomic E-state index is -3.39. The number of nitrogens with zero attached hydrogens (tertiary/aromatic N) is 3. The Morgan fingerprint density at radius 3 is 2.95 bits per heavy atom. The van der Waals surface area contributed by atoms with E-state index >= 15 is 0 Å². The molecule has 1 aromatic rings. The Kier molecular flexibility index (Phi) is 5.78. The van der Waals surface area contributed by atoms with E-state index in [-0.39, 0.29) is 0 Å². The first kappa shape index (κ1) is 16.5. The summed E-state index contributed by atoms with van der Waals surface area (Å²) in [7, 11) is -3.39. The molecular formula is C14H26N4O2S. The van der Waals surface area contributed by atoms with Crippen LogP contribution in [0.15, 0.2) is 17.3 Å². The number of rotatable bonds is 7. The zero-order valence-electron chi connectivity index (χ0n) is 13.0. The van der Waals surface area contributed by atoms with Gasteiger partial charge in [-0.2, -0.15) is 9.40 Å². The first-order valence-corrected chi connectivity index (χ1v) is 9.25. The minimum absolute atomic E-state index is 0.316. The fourth-order valence-electron chi connectivity index (χ4n) is 2.70. The molecule has 21 heavy (non-hydrogen) atoms. The molecule has 0 spiro atoms. The number of hydrogen-bond acceptors (Lipinski definition) is 4. The number of hydrogen-bond donors (Lipinski definition) is 1. The Morgan fingerprint density at radius 1 is 1.43 bits per heavy atom. The number of nitrogens with one attached hydrogen (secondary N) is 1. The standard InChI is InChI=1S/C14H26N4O2S/c1-3-13-6-5-8-18(11-13)21(19,20)14-10-16-17(12-14)9-7-15-4-2/h10,12-13,15H,3-9,11H2,1-2H3. The molecule has 1 saturated heterocycles. The number of piperidine rings is 1. The molecule has 1 fully saturated rings. The van der Waals surface area contributed by atoms with Gasteiger partial charge in [-0.15, -0.1) is 0 Å². The second-order valence-corrected chi connectivity index (χ2v) is 7.51. The quantitative estimate of drug-likeness (QED) is 0.771. The van der Waals surface area contributed by atoms with Gasteiger partial charge in [0.15, 0.2) is 0 Å². The van der Waals surface area contributed by atoms with Crippen LogP contribution in [0.5, 0.6) is 0 Å². The minimum Gasteiger partial charge on any atom is -0.315 e. The van der Waals surface area contributed by atoms with Crippen LogP contribution in [0.4, 0.5) is 0 Å². The lowest BCUT2D eigenvalue weighted by Gasteiger charge is -2.30. The second kappa shape index (κ2) is 7.38. The normalized spacial score (nSPS) is 20.8. The van der Waals surface area contributed by atoms with Crippen molar-refractivity contribution in [2.45, 2.75) is 44.6 Å². The molecule has 1 unspecified atom stereocenters. The summed E-state index contributed by atoms with van der Waals surface area (Å²) in [6, 6.07) is 0. The van der Waals surface area contributed by atoms with Crippen LogP contribution < -0.4 is 5.32 Å². The monoisotopic (exact) mass is 314 g/mol. The third-order valence-corrected chi connectivity index (χ3v) is 5.89.